The second kappa shape index (κ2) is 6.13. The highest BCUT2D eigenvalue weighted by atomic mass is 79.9. The Balaban J connectivity index is 2.31. The molecule has 5 heteroatoms. The highest BCUT2D eigenvalue weighted by molar-refractivity contribution is 9.10. The third kappa shape index (κ3) is 3.04. The van der Waals surface area contributed by atoms with E-state index in [0.29, 0.717) is 11.3 Å². The quantitative estimate of drug-likeness (QED) is 0.781. The van der Waals surface area contributed by atoms with E-state index in [1.54, 1.807) is 18.2 Å². The highest BCUT2D eigenvalue weighted by Gasteiger charge is 2.16. The summed E-state index contributed by atoms with van der Waals surface area (Å²) in [7, 11) is 1.45. The van der Waals surface area contributed by atoms with Crippen molar-refractivity contribution in [3.8, 4) is 5.75 Å². The van der Waals surface area contributed by atoms with Gasteiger partial charge >= 0.3 is 0 Å². The molecule has 2 nitrogen and oxygen atoms in total. The Bertz CT molecular complexity index is 656. The molecular formula is C15H11BrF2O2. The number of benzene rings is 2. The van der Waals surface area contributed by atoms with Crippen LogP contribution in [0.4, 0.5) is 8.78 Å². The van der Waals surface area contributed by atoms with Crippen molar-refractivity contribution in [2.75, 3.05) is 7.11 Å². The van der Waals surface area contributed by atoms with E-state index >= 15 is 0 Å². The van der Waals surface area contributed by atoms with Gasteiger partial charge in [-0.2, -0.15) is 0 Å². The molecule has 0 bridgehead atoms. The summed E-state index contributed by atoms with van der Waals surface area (Å²) >= 11 is 3.27. The average Bonchev–Trinajstić information content (AvgIpc) is 2.43. The summed E-state index contributed by atoms with van der Waals surface area (Å²) < 4.78 is 32.6. The van der Waals surface area contributed by atoms with Gasteiger partial charge in [0, 0.05) is 10.9 Å². The van der Waals surface area contributed by atoms with E-state index in [2.05, 4.69) is 15.9 Å². The van der Waals surface area contributed by atoms with E-state index in [4.69, 9.17) is 4.74 Å². The van der Waals surface area contributed by atoms with Crippen molar-refractivity contribution >= 4 is 21.7 Å². The lowest BCUT2D eigenvalue weighted by molar-refractivity contribution is 0.0988. The van der Waals surface area contributed by atoms with Crippen LogP contribution < -0.4 is 4.74 Å². The van der Waals surface area contributed by atoms with Gasteiger partial charge in [0.25, 0.3) is 0 Å². The lowest BCUT2D eigenvalue weighted by Crippen LogP contribution is -2.08. The maximum Gasteiger partial charge on any atom is 0.171 e. The van der Waals surface area contributed by atoms with Crippen molar-refractivity contribution < 1.29 is 18.3 Å². The number of hydrogen-bond acceptors (Lipinski definition) is 2. The van der Waals surface area contributed by atoms with Gasteiger partial charge in [0.15, 0.2) is 17.4 Å². The van der Waals surface area contributed by atoms with Crippen molar-refractivity contribution in [2.24, 2.45) is 0 Å². The first-order chi connectivity index (χ1) is 9.52. The monoisotopic (exact) mass is 340 g/mol. The SMILES string of the molecule is COc1cc(Br)ccc1C(=O)Cc1cccc(F)c1F. The molecule has 0 saturated heterocycles. The smallest absolute Gasteiger partial charge is 0.171 e. The van der Waals surface area contributed by atoms with Gasteiger partial charge in [0.2, 0.25) is 0 Å². The molecule has 0 heterocycles. The van der Waals surface area contributed by atoms with Crippen LogP contribution in [0.25, 0.3) is 0 Å². The molecule has 0 radical (unpaired) electrons. The molecule has 0 spiro atoms. The molecule has 0 amide bonds. The minimum atomic E-state index is -0.989. The molecule has 0 atom stereocenters. The van der Waals surface area contributed by atoms with Crippen LogP contribution in [0.5, 0.6) is 5.75 Å². The summed E-state index contributed by atoms with van der Waals surface area (Å²) in [6.07, 6.45) is -0.221. The largest absolute Gasteiger partial charge is 0.496 e. The molecule has 0 aliphatic rings. The fourth-order valence-corrected chi connectivity index (χ4v) is 2.19. The second-order valence-corrected chi connectivity index (χ2v) is 5.07. The number of carbonyl (C=O) groups excluding carboxylic acids is 1. The number of methoxy groups -OCH3 is 1. The van der Waals surface area contributed by atoms with Gasteiger partial charge in [-0.05, 0) is 29.8 Å². The Morgan fingerprint density at radius 1 is 1.25 bits per heavy atom. The molecule has 0 unspecified atom stereocenters. The molecule has 2 aromatic carbocycles. The Morgan fingerprint density at radius 3 is 2.70 bits per heavy atom. The number of ketones is 1. The van der Waals surface area contributed by atoms with E-state index in [1.165, 1.54) is 19.2 Å². The van der Waals surface area contributed by atoms with Crippen LogP contribution in [0.1, 0.15) is 15.9 Å². The van der Waals surface area contributed by atoms with Gasteiger partial charge in [0.1, 0.15) is 5.75 Å². The van der Waals surface area contributed by atoms with Crippen LogP contribution in [0.3, 0.4) is 0 Å². The predicted octanol–water partition coefficient (Wildman–Crippen LogP) is 4.16. The lowest BCUT2D eigenvalue weighted by atomic mass is 10.0. The maximum atomic E-state index is 13.6. The summed E-state index contributed by atoms with van der Waals surface area (Å²) in [5.41, 5.74) is 0.360. The number of rotatable bonds is 4. The summed E-state index contributed by atoms with van der Waals surface area (Å²) in [4.78, 5) is 12.2. The molecule has 2 aromatic rings. The first-order valence-corrected chi connectivity index (χ1v) is 6.62. The van der Waals surface area contributed by atoms with E-state index in [-0.39, 0.29) is 17.8 Å². The molecule has 0 aromatic heterocycles. The average molecular weight is 341 g/mol. The van der Waals surface area contributed by atoms with Crippen molar-refractivity contribution in [1.29, 1.82) is 0 Å². The van der Waals surface area contributed by atoms with Crippen LogP contribution in [-0.2, 0) is 6.42 Å². The summed E-state index contributed by atoms with van der Waals surface area (Å²) in [6.45, 7) is 0. The van der Waals surface area contributed by atoms with Gasteiger partial charge in [-0.15, -0.1) is 0 Å². The van der Waals surface area contributed by atoms with Crippen molar-refractivity contribution in [2.45, 2.75) is 6.42 Å². The van der Waals surface area contributed by atoms with Crippen molar-refractivity contribution in [3.05, 3.63) is 63.6 Å². The van der Waals surface area contributed by atoms with Gasteiger partial charge in [0.05, 0.1) is 12.7 Å². The van der Waals surface area contributed by atoms with E-state index in [9.17, 15) is 13.6 Å². The van der Waals surface area contributed by atoms with Crippen LogP contribution in [0.2, 0.25) is 0 Å². The summed E-state index contributed by atoms with van der Waals surface area (Å²) in [5, 5.41) is 0. The molecule has 104 valence electrons. The molecule has 0 aliphatic carbocycles. The van der Waals surface area contributed by atoms with E-state index < -0.39 is 11.6 Å². The number of ether oxygens (including phenoxy) is 1. The van der Waals surface area contributed by atoms with Gasteiger partial charge in [-0.3, -0.25) is 4.79 Å². The molecule has 0 N–H and O–H groups in total. The number of halogens is 3. The molecule has 0 aliphatic heterocycles. The molecular weight excluding hydrogens is 330 g/mol. The van der Waals surface area contributed by atoms with Crippen LogP contribution in [-0.4, -0.2) is 12.9 Å². The maximum absolute atomic E-state index is 13.6. The van der Waals surface area contributed by atoms with Crippen LogP contribution in [0.15, 0.2) is 40.9 Å². The van der Waals surface area contributed by atoms with Crippen LogP contribution in [0, 0.1) is 11.6 Å². The zero-order valence-corrected chi connectivity index (χ0v) is 12.2. The first-order valence-electron chi connectivity index (χ1n) is 5.82. The topological polar surface area (TPSA) is 26.3 Å². The Labute approximate surface area is 123 Å². The first kappa shape index (κ1) is 14.7. The minimum absolute atomic E-state index is 0.0278. The molecule has 20 heavy (non-hydrogen) atoms. The zero-order chi connectivity index (χ0) is 14.7. The lowest BCUT2D eigenvalue weighted by Gasteiger charge is -2.09. The number of carbonyl (C=O) groups is 1. The number of Topliss-reactive ketones (excluding diaryl/α,β-unsaturated/α-hetero) is 1. The second-order valence-electron chi connectivity index (χ2n) is 4.16. The van der Waals surface area contributed by atoms with Crippen LogP contribution >= 0.6 is 15.9 Å². The van der Waals surface area contributed by atoms with Crippen molar-refractivity contribution in [3.63, 3.8) is 0 Å². The summed E-state index contributed by atoms with van der Waals surface area (Å²) in [5.74, 6) is -1.89. The normalized spacial score (nSPS) is 10.4. The molecule has 0 saturated carbocycles. The highest BCUT2D eigenvalue weighted by Crippen LogP contribution is 2.25. The number of hydrogen-bond donors (Lipinski definition) is 0. The van der Waals surface area contributed by atoms with Gasteiger partial charge in [-0.25, -0.2) is 8.78 Å². The van der Waals surface area contributed by atoms with Crippen molar-refractivity contribution in [1.82, 2.24) is 0 Å². The Hall–Kier alpha value is -1.75. The standard InChI is InChI=1S/C15H11BrF2O2/c1-20-14-8-10(16)5-6-11(14)13(19)7-9-3-2-4-12(17)15(9)18/h2-6,8H,7H2,1H3. The predicted molar refractivity (Wildman–Crippen MR) is 75.1 cm³/mol. The fraction of sp³-hybridized carbons (Fsp3) is 0.133. The fourth-order valence-electron chi connectivity index (χ4n) is 1.85. The minimum Gasteiger partial charge on any atom is -0.496 e. The third-order valence-corrected chi connectivity index (χ3v) is 3.34. The zero-order valence-electron chi connectivity index (χ0n) is 10.6. The Kier molecular flexibility index (Phi) is 4.49. The van der Waals surface area contributed by atoms with Gasteiger partial charge < -0.3 is 4.74 Å². The molecule has 0 fully saturated rings. The Morgan fingerprint density at radius 2 is 2.00 bits per heavy atom. The van der Waals surface area contributed by atoms with Gasteiger partial charge in [-0.1, -0.05) is 28.1 Å². The molecule has 2 rings (SSSR count). The van der Waals surface area contributed by atoms with E-state index in [0.717, 1.165) is 10.5 Å². The van der Waals surface area contributed by atoms with E-state index in [1.807, 2.05) is 0 Å². The summed E-state index contributed by atoms with van der Waals surface area (Å²) in [6, 6.07) is 8.71. The third-order valence-electron chi connectivity index (χ3n) is 2.85.